The highest BCUT2D eigenvalue weighted by atomic mass is 16.3. The highest BCUT2D eigenvalue weighted by molar-refractivity contribution is 5.94. The quantitative estimate of drug-likeness (QED) is 0.884. The predicted molar refractivity (Wildman–Crippen MR) is 72.6 cm³/mol. The molecule has 0 fully saturated rings. The number of aliphatic hydroxyl groups is 1. The third-order valence-corrected chi connectivity index (χ3v) is 2.76. The summed E-state index contributed by atoms with van der Waals surface area (Å²) in [6.45, 7) is 3.99. The molecule has 1 aromatic carbocycles. The van der Waals surface area contributed by atoms with Crippen LogP contribution in [0.3, 0.4) is 0 Å². The highest BCUT2D eigenvalue weighted by Gasteiger charge is 2.17. The van der Waals surface area contributed by atoms with Gasteiger partial charge in [0.2, 0.25) is 0 Å². The number of aromatic nitrogens is 2. The molecule has 1 unspecified atom stereocenters. The van der Waals surface area contributed by atoms with E-state index in [-0.39, 0.29) is 6.04 Å². The molecule has 0 saturated carbocycles. The summed E-state index contributed by atoms with van der Waals surface area (Å²) in [7, 11) is 0. The molecule has 0 spiro atoms. The molecular formula is C14H17N3O2. The Labute approximate surface area is 111 Å². The number of carbonyl (C=O) groups excluding carboxylic acids is 1. The van der Waals surface area contributed by atoms with Crippen molar-refractivity contribution in [3.05, 3.63) is 48.3 Å². The number of nitrogens with zero attached hydrogens (tertiary/aromatic N) is 2. The fraction of sp³-hybridized carbons (Fsp3) is 0.286. The number of rotatable bonds is 4. The van der Waals surface area contributed by atoms with E-state index in [1.807, 2.05) is 19.9 Å². The maximum Gasteiger partial charge on any atom is 0.257 e. The van der Waals surface area contributed by atoms with E-state index in [1.54, 1.807) is 41.3 Å². The largest absolute Gasteiger partial charge is 0.378 e. The van der Waals surface area contributed by atoms with Gasteiger partial charge in [0.1, 0.15) is 0 Å². The molecule has 0 saturated heterocycles. The molecule has 100 valence electrons. The Morgan fingerprint density at radius 1 is 1.32 bits per heavy atom. The zero-order chi connectivity index (χ0) is 13.8. The number of nitrogens with one attached hydrogen (secondary N) is 1. The molecule has 5 heteroatoms. The SMILES string of the molecule is CC(C)n1cc(NC(=O)C(O)c2ccccc2)cn1. The van der Waals surface area contributed by atoms with Crippen LogP contribution < -0.4 is 5.32 Å². The van der Waals surface area contributed by atoms with Crippen molar-refractivity contribution in [3.63, 3.8) is 0 Å². The lowest BCUT2D eigenvalue weighted by Crippen LogP contribution is -2.20. The first kappa shape index (κ1) is 13.3. The number of amides is 1. The van der Waals surface area contributed by atoms with Crippen molar-refractivity contribution in [1.82, 2.24) is 9.78 Å². The van der Waals surface area contributed by atoms with E-state index in [0.717, 1.165) is 0 Å². The molecule has 0 aliphatic carbocycles. The molecule has 5 nitrogen and oxygen atoms in total. The number of carbonyl (C=O) groups is 1. The summed E-state index contributed by atoms with van der Waals surface area (Å²) in [5.41, 5.74) is 1.14. The maximum atomic E-state index is 11.9. The Kier molecular flexibility index (Phi) is 3.97. The minimum atomic E-state index is -1.18. The van der Waals surface area contributed by atoms with Gasteiger partial charge in [0.25, 0.3) is 5.91 Å². The van der Waals surface area contributed by atoms with Crippen molar-refractivity contribution in [2.45, 2.75) is 26.0 Å². The molecule has 19 heavy (non-hydrogen) atoms. The van der Waals surface area contributed by atoms with Crippen LogP contribution in [0.2, 0.25) is 0 Å². The summed E-state index contributed by atoms with van der Waals surface area (Å²) < 4.78 is 1.74. The monoisotopic (exact) mass is 259 g/mol. The van der Waals surface area contributed by atoms with Gasteiger partial charge in [-0.3, -0.25) is 9.48 Å². The van der Waals surface area contributed by atoms with Gasteiger partial charge >= 0.3 is 0 Å². The Bertz CT molecular complexity index is 549. The van der Waals surface area contributed by atoms with Gasteiger partial charge in [0.05, 0.1) is 11.9 Å². The van der Waals surface area contributed by atoms with Gasteiger partial charge in [-0.1, -0.05) is 30.3 Å². The molecule has 2 N–H and O–H groups in total. The van der Waals surface area contributed by atoms with Gasteiger partial charge in [-0.25, -0.2) is 0 Å². The normalized spacial score (nSPS) is 12.4. The van der Waals surface area contributed by atoms with E-state index >= 15 is 0 Å². The van der Waals surface area contributed by atoms with Crippen LogP contribution in [-0.2, 0) is 4.79 Å². The molecule has 1 heterocycles. The molecule has 1 atom stereocenters. The Balaban J connectivity index is 2.04. The van der Waals surface area contributed by atoms with Gasteiger partial charge in [-0.05, 0) is 19.4 Å². The second kappa shape index (κ2) is 5.67. The maximum absolute atomic E-state index is 11.9. The third-order valence-electron chi connectivity index (χ3n) is 2.76. The van der Waals surface area contributed by atoms with Crippen molar-refractivity contribution < 1.29 is 9.90 Å². The number of hydrogen-bond donors (Lipinski definition) is 2. The van der Waals surface area contributed by atoms with Crippen LogP contribution in [0.1, 0.15) is 31.6 Å². The Hall–Kier alpha value is -2.14. The fourth-order valence-electron chi connectivity index (χ4n) is 1.68. The number of benzene rings is 1. The Morgan fingerprint density at radius 2 is 2.00 bits per heavy atom. The molecule has 2 aromatic rings. The summed E-state index contributed by atoms with van der Waals surface area (Å²) in [6.07, 6.45) is 2.12. The summed E-state index contributed by atoms with van der Waals surface area (Å²) >= 11 is 0. The zero-order valence-corrected chi connectivity index (χ0v) is 10.9. The first-order valence-corrected chi connectivity index (χ1v) is 6.16. The third kappa shape index (κ3) is 3.20. The predicted octanol–water partition coefficient (Wildman–Crippen LogP) is 2.14. The molecule has 1 amide bonds. The van der Waals surface area contributed by atoms with Crippen LogP contribution in [-0.4, -0.2) is 20.8 Å². The van der Waals surface area contributed by atoms with Crippen LogP contribution >= 0.6 is 0 Å². The lowest BCUT2D eigenvalue weighted by Gasteiger charge is -2.10. The lowest BCUT2D eigenvalue weighted by molar-refractivity contribution is -0.124. The molecule has 1 aromatic heterocycles. The van der Waals surface area contributed by atoms with Crippen molar-refractivity contribution in [1.29, 1.82) is 0 Å². The summed E-state index contributed by atoms with van der Waals surface area (Å²) in [5.74, 6) is -0.463. The van der Waals surface area contributed by atoms with Crippen LogP contribution in [0, 0.1) is 0 Å². The van der Waals surface area contributed by atoms with Crippen molar-refractivity contribution in [3.8, 4) is 0 Å². The molecule has 0 aliphatic heterocycles. The molecular weight excluding hydrogens is 242 g/mol. The standard InChI is InChI=1S/C14H17N3O2/c1-10(2)17-9-12(8-15-17)16-14(19)13(18)11-6-4-3-5-7-11/h3-10,13,18H,1-2H3,(H,16,19). The minimum Gasteiger partial charge on any atom is -0.378 e. The van der Waals surface area contributed by atoms with Gasteiger partial charge in [-0.15, -0.1) is 0 Å². The van der Waals surface area contributed by atoms with E-state index in [4.69, 9.17) is 0 Å². The molecule has 2 rings (SSSR count). The Morgan fingerprint density at radius 3 is 2.58 bits per heavy atom. The zero-order valence-electron chi connectivity index (χ0n) is 10.9. The first-order valence-electron chi connectivity index (χ1n) is 6.16. The average molecular weight is 259 g/mol. The topological polar surface area (TPSA) is 67.2 Å². The number of aliphatic hydroxyl groups excluding tert-OH is 1. The molecule has 0 radical (unpaired) electrons. The number of hydrogen-bond acceptors (Lipinski definition) is 3. The van der Waals surface area contributed by atoms with E-state index in [0.29, 0.717) is 11.3 Å². The van der Waals surface area contributed by atoms with Gasteiger partial charge in [-0.2, -0.15) is 5.10 Å². The van der Waals surface area contributed by atoms with Crippen LogP contribution in [0.5, 0.6) is 0 Å². The van der Waals surface area contributed by atoms with Gasteiger partial charge in [0, 0.05) is 12.2 Å². The summed E-state index contributed by atoms with van der Waals surface area (Å²) in [5, 5.41) is 16.7. The van der Waals surface area contributed by atoms with Crippen LogP contribution in [0.25, 0.3) is 0 Å². The smallest absolute Gasteiger partial charge is 0.257 e. The van der Waals surface area contributed by atoms with Crippen LogP contribution in [0.15, 0.2) is 42.7 Å². The van der Waals surface area contributed by atoms with Crippen LogP contribution in [0.4, 0.5) is 5.69 Å². The average Bonchev–Trinajstić information content (AvgIpc) is 2.87. The van der Waals surface area contributed by atoms with E-state index in [2.05, 4.69) is 10.4 Å². The van der Waals surface area contributed by atoms with E-state index in [1.165, 1.54) is 0 Å². The van der Waals surface area contributed by atoms with Crippen molar-refractivity contribution in [2.75, 3.05) is 5.32 Å². The minimum absolute atomic E-state index is 0.227. The highest BCUT2D eigenvalue weighted by Crippen LogP contribution is 2.16. The van der Waals surface area contributed by atoms with Gasteiger partial charge < -0.3 is 10.4 Å². The molecule has 0 aliphatic rings. The van der Waals surface area contributed by atoms with E-state index in [9.17, 15) is 9.90 Å². The lowest BCUT2D eigenvalue weighted by atomic mass is 10.1. The van der Waals surface area contributed by atoms with Gasteiger partial charge in [0.15, 0.2) is 6.10 Å². The fourth-order valence-corrected chi connectivity index (χ4v) is 1.68. The molecule has 0 bridgehead atoms. The van der Waals surface area contributed by atoms with E-state index < -0.39 is 12.0 Å². The second-order valence-electron chi connectivity index (χ2n) is 4.61. The summed E-state index contributed by atoms with van der Waals surface area (Å²) in [6, 6.07) is 9.04. The van der Waals surface area contributed by atoms with Crippen molar-refractivity contribution in [2.24, 2.45) is 0 Å². The second-order valence-corrected chi connectivity index (χ2v) is 4.61. The van der Waals surface area contributed by atoms with Crippen molar-refractivity contribution >= 4 is 11.6 Å². The first-order chi connectivity index (χ1) is 9.08. The number of anilines is 1. The summed E-state index contributed by atoms with van der Waals surface area (Å²) in [4.78, 5) is 11.9.